The van der Waals surface area contributed by atoms with Gasteiger partial charge in [-0.1, -0.05) is 13.0 Å². The van der Waals surface area contributed by atoms with Crippen molar-refractivity contribution in [3.63, 3.8) is 0 Å². The summed E-state index contributed by atoms with van der Waals surface area (Å²) >= 11 is 0. The fraction of sp³-hybridized carbons (Fsp3) is 0.294. The Morgan fingerprint density at radius 1 is 1.25 bits per heavy atom. The molecular weight excluding hydrogens is 302 g/mol. The number of aryl methyl sites for hydroxylation is 2. The first-order valence-electron chi connectivity index (χ1n) is 8.06. The summed E-state index contributed by atoms with van der Waals surface area (Å²) in [6.07, 6.45) is 4.69. The number of hydrogen-bond acceptors (Lipinski definition) is 4. The van der Waals surface area contributed by atoms with Crippen LogP contribution >= 0.6 is 0 Å². The van der Waals surface area contributed by atoms with Crippen LogP contribution in [0, 0.1) is 6.92 Å². The van der Waals surface area contributed by atoms with Crippen molar-refractivity contribution in [2.45, 2.75) is 26.8 Å². The first-order chi connectivity index (χ1) is 11.7. The molecule has 0 saturated heterocycles. The van der Waals surface area contributed by atoms with Crippen molar-refractivity contribution in [3.8, 4) is 22.8 Å². The molecule has 4 aromatic rings. The summed E-state index contributed by atoms with van der Waals surface area (Å²) in [4.78, 5) is 12.5. The molecule has 0 radical (unpaired) electrons. The summed E-state index contributed by atoms with van der Waals surface area (Å²) in [6.45, 7) is 5.13. The first kappa shape index (κ1) is 14.6. The molecule has 4 aromatic heterocycles. The number of H-pyrrole nitrogens is 1. The van der Waals surface area contributed by atoms with E-state index in [1.54, 1.807) is 10.9 Å². The van der Waals surface area contributed by atoms with Crippen LogP contribution in [0.1, 0.15) is 19.0 Å². The zero-order valence-corrected chi connectivity index (χ0v) is 14.0. The van der Waals surface area contributed by atoms with Gasteiger partial charge in [0.1, 0.15) is 17.0 Å². The number of pyridine rings is 1. The molecule has 0 unspecified atom stereocenters. The second kappa shape index (κ2) is 5.59. The van der Waals surface area contributed by atoms with E-state index in [1.165, 1.54) is 0 Å². The number of nitrogens with one attached hydrogen (secondary N) is 1. The number of rotatable bonds is 4. The van der Waals surface area contributed by atoms with E-state index in [2.05, 4.69) is 34.0 Å². The third-order valence-electron chi connectivity index (χ3n) is 4.18. The zero-order valence-electron chi connectivity index (χ0n) is 14.0. The molecule has 0 aliphatic carbocycles. The Balaban J connectivity index is 1.85. The molecule has 0 bridgehead atoms. The van der Waals surface area contributed by atoms with Gasteiger partial charge in [0, 0.05) is 25.5 Å². The molecule has 0 aliphatic heterocycles. The van der Waals surface area contributed by atoms with Crippen LogP contribution in [0.2, 0.25) is 0 Å². The fourth-order valence-electron chi connectivity index (χ4n) is 2.94. The molecule has 4 heterocycles. The predicted octanol–water partition coefficient (Wildman–Crippen LogP) is 2.94. The molecular formula is C17H19N7. The van der Waals surface area contributed by atoms with Crippen LogP contribution in [0.3, 0.4) is 0 Å². The van der Waals surface area contributed by atoms with Crippen LogP contribution in [-0.4, -0.2) is 34.5 Å². The lowest BCUT2D eigenvalue weighted by Gasteiger charge is -2.02. The molecule has 0 saturated carbocycles. The summed E-state index contributed by atoms with van der Waals surface area (Å²) in [6, 6.07) is 5.80. The standard InChI is InChI=1S/C17H19N7/c1-4-9-24-11(2)12(10-19-24)16-20-15-14(13-7-5-6-8-18-13)22-23(3)17(15)21-16/h5-8,10H,4,9H2,1-3H3,(H,20,21). The SMILES string of the molecule is CCCn1ncc(-c2nc3c([nH]2)c(-c2ccccn2)nn3C)c1C. The Morgan fingerprint density at radius 3 is 2.88 bits per heavy atom. The third-order valence-corrected chi connectivity index (χ3v) is 4.18. The minimum Gasteiger partial charge on any atom is -0.335 e. The van der Waals surface area contributed by atoms with Gasteiger partial charge in [0.05, 0.1) is 17.5 Å². The number of fused-ring (bicyclic) bond motifs is 1. The Kier molecular flexibility index (Phi) is 3.41. The van der Waals surface area contributed by atoms with Crippen LogP contribution in [0.5, 0.6) is 0 Å². The van der Waals surface area contributed by atoms with E-state index in [0.29, 0.717) is 0 Å². The summed E-state index contributed by atoms with van der Waals surface area (Å²) in [7, 11) is 1.90. The normalized spacial score (nSPS) is 11.5. The molecule has 0 amide bonds. The molecule has 0 aromatic carbocycles. The fourth-order valence-corrected chi connectivity index (χ4v) is 2.94. The molecule has 4 rings (SSSR count). The van der Waals surface area contributed by atoms with Crippen molar-refractivity contribution < 1.29 is 0 Å². The topological polar surface area (TPSA) is 77.2 Å². The van der Waals surface area contributed by atoms with E-state index in [9.17, 15) is 0 Å². The van der Waals surface area contributed by atoms with Crippen LogP contribution in [0.15, 0.2) is 30.6 Å². The minimum atomic E-state index is 0.811. The molecule has 122 valence electrons. The number of imidazole rings is 1. The molecule has 1 N–H and O–H groups in total. The van der Waals surface area contributed by atoms with Crippen molar-refractivity contribution >= 4 is 11.2 Å². The second-order valence-electron chi connectivity index (χ2n) is 5.84. The van der Waals surface area contributed by atoms with E-state index in [4.69, 9.17) is 4.98 Å². The second-order valence-corrected chi connectivity index (χ2v) is 5.84. The van der Waals surface area contributed by atoms with Crippen LogP contribution < -0.4 is 0 Å². The first-order valence-corrected chi connectivity index (χ1v) is 8.06. The zero-order chi connectivity index (χ0) is 16.7. The van der Waals surface area contributed by atoms with Gasteiger partial charge in [-0.2, -0.15) is 10.2 Å². The van der Waals surface area contributed by atoms with Gasteiger partial charge in [0.25, 0.3) is 0 Å². The predicted molar refractivity (Wildman–Crippen MR) is 92.3 cm³/mol. The third kappa shape index (κ3) is 2.20. The van der Waals surface area contributed by atoms with Gasteiger partial charge < -0.3 is 4.98 Å². The number of nitrogens with zero attached hydrogens (tertiary/aromatic N) is 6. The van der Waals surface area contributed by atoms with Crippen molar-refractivity contribution in [1.82, 2.24) is 34.5 Å². The van der Waals surface area contributed by atoms with E-state index in [0.717, 1.165) is 52.6 Å². The van der Waals surface area contributed by atoms with Gasteiger partial charge in [-0.25, -0.2) is 9.67 Å². The largest absolute Gasteiger partial charge is 0.335 e. The van der Waals surface area contributed by atoms with Gasteiger partial charge in [0.2, 0.25) is 0 Å². The Hall–Kier alpha value is -2.96. The van der Waals surface area contributed by atoms with E-state index in [-0.39, 0.29) is 0 Å². The minimum absolute atomic E-state index is 0.811. The average Bonchev–Trinajstić information content (AvgIpc) is 3.25. The van der Waals surface area contributed by atoms with Gasteiger partial charge in [0.15, 0.2) is 5.65 Å². The molecule has 0 spiro atoms. The van der Waals surface area contributed by atoms with Crippen molar-refractivity contribution in [3.05, 3.63) is 36.3 Å². The highest BCUT2D eigenvalue weighted by Crippen LogP contribution is 2.28. The molecule has 24 heavy (non-hydrogen) atoms. The quantitative estimate of drug-likeness (QED) is 0.627. The smallest absolute Gasteiger partial charge is 0.177 e. The van der Waals surface area contributed by atoms with E-state index in [1.807, 2.05) is 36.1 Å². The molecule has 0 fully saturated rings. The van der Waals surface area contributed by atoms with Crippen LogP contribution in [0.4, 0.5) is 0 Å². The van der Waals surface area contributed by atoms with Crippen molar-refractivity contribution in [1.29, 1.82) is 0 Å². The highest BCUT2D eigenvalue weighted by atomic mass is 15.3. The maximum atomic E-state index is 4.73. The van der Waals surface area contributed by atoms with Crippen molar-refractivity contribution in [2.24, 2.45) is 7.05 Å². The molecule has 0 aliphatic rings. The Morgan fingerprint density at radius 2 is 2.12 bits per heavy atom. The van der Waals surface area contributed by atoms with Gasteiger partial charge >= 0.3 is 0 Å². The summed E-state index contributed by atoms with van der Waals surface area (Å²) in [5.41, 5.74) is 5.49. The van der Waals surface area contributed by atoms with Gasteiger partial charge in [-0.05, 0) is 25.5 Å². The number of aromatic nitrogens is 7. The lowest BCUT2D eigenvalue weighted by Crippen LogP contribution is -2.01. The number of hydrogen-bond donors (Lipinski definition) is 1. The van der Waals surface area contributed by atoms with E-state index >= 15 is 0 Å². The average molecular weight is 321 g/mol. The molecule has 7 heteroatoms. The van der Waals surface area contributed by atoms with E-state index < -0.39 is 0 Å². The Labute approximate surface area is 139 Å². The highest BCUT2D eigenvalue weighted by molar-refractivity contribution is 5.89. The van der Waals surface area contributed by atoms with Gasteiger partial charge in [-0.3, -0.25) is 9.67 Å². The molecule has 7 nitrogen and oxygen atoms in total. The Bertz CT molecular complexity index is 991. The lowest BCUT2D eigenvalue weighted by molar-refractivity contribution is 0.587. The lowest BCUT2D eigenvalue weighted by atomic mass is 10.2. The summed E-state index contributed by atoms with van der Waals surface area (Å²) in [5, 5.41) is 9.01. The van der Waals surface area contributed by atoms with Crippen LogP contribution in [-0.2, 0) is 13.6 Å². The monoisotopic (exact) mass is 321 g/mol. The van der Waals surface area contributed by atoms with Crippen molar-refractivity contribution in [2.75, 3.05) is 0 Å². The summed E-state index contributed by atoms with van der Waals surface area (Å²) in [5.74, 6) is 0.815. The number of aromatic amines is 1. The molecule has 0 atom stereocenters. The van der Waals surface area contributed by atoms with Crippen LogP contribution in [0.25, 0.3) is 33.9 Å². The maximum Gasteiger partial charge on any atom is 0.177 e. The van der Waals surface area contributed by atoms with Gasteiger partial charge in [-0.15, -0.1) is 0 Å². The highest BCUT2D eigenvalue weighted by Gasteiger charge is 2.19. The maximum absolute atomic E-state index is 4.73. The summed E-state index contributed by atoms with van der Waals surface area (Å²) < 4.78 is 3.80.